The number of halogens is 3. The Morgan fingerprint density at radius 2 is 2.07 bits per heavy atom. The number of amides is 1. The Bertz CT molecular complexity index is 995. The molecule has 1 aliphatic rings. The number of alkyl halides is 3. The van der Waals surface area contributed by atoms with Gasteiger partial charge in [-0.25, -0.2) is 4.68 Å². The first-order chi connectivity index (χ1) is 13.3. The number of nitrogens with one attached hydrogen (secondary N) is 2. The zero-order valence-corrected chi connectivity index (χ0v) is 14.8. The van der Waals surface area contributed by atoms with Crippen LogP contribution in [0.4, 0.5) is 24.7 Å². The van der Waals surface area contributed by atoms with E-state index in [1.165, 1.54) is 12.3 Å². The Kier molecular flexibility index (Phi) is 4.37. The Balaban J connectivity index is 1.65. The van der Waals surface area contributed by atoms with Gasteiger partial charge < -0.3 is 15.1 Å². The second kappa shape index (κ2) is 6.74. The van der Waals surface area contributed by atoms with E-state index in [0.29, 0.717) is 11.4 Å². The van der Waals surface area contributed by atoms with Crippen molar-refractivity contribution in [2.45, 2.75) is 31.6 Å². The Morgan fingerprint density at radius 1 is 1.29 bits per heavy atom. The summed E-state index contributed by atoms with van der Waals surface area (Å²) >= 11 is 0. The molecular formula is C19H17F3N4O2. The van der Waals surface area contributed by atoms with E-state index in [-0.39, 0.29) is 17.9 Å². The highest BCUT2D eigenvalue weighted by Crippen LogP contribution is 2.43. The second-order valence-corrected chi connectivity index (χ2v) is 6.63. The van der Waals surface area contributed by atoms with Crippen molar-refractivity contribution in [1.82, 2.24) is 9.78 Å². The third-order valence-electron chi connectivity index (χ3n) is 4.70. The molecule has 0 spiro atoms. The molecule has 3 aromatic rings. The number of furan rings is 1. The van der Waals surface area contributed by atoms with Crippen LogP contribution in [0.15, 0.2) is 53.1 Å². The fourth-order valence-corrected chi connectivity index (χ4v) is 3.26. The zero-order valence-electron chi connectivity index (χ0n) is 14.8. The molecule has 0 aliphatic carbocycles. The van der Waals surface area contributed by atoms with E-state index in [4.69, 9.17) is 4.42 Å². The van der Waals surface area contributed by atoms with Crippen LogP contribution in [-0.2, 0) is 0 Å². The van der Waals surface area contributed by atoms with Crippen LogP contribution in [0, 0.1) is 6.92 Å². The third-order valence-corrected chi connectivity index (χ3v) is 4.70. The number of nitrogens with zero attached hydrogens (tertiary/aromatic N) is 2. The van der Waals surface area contributed by atoms with Gasteiger partial charge in [-0.2, -0.15) is 18.3 Å². The van der Waals surface area contributed by atoms with E-state index in [1.807, 2.05) is 19.1 Å². The summed E-state index contributed by atoms with van der Waals surface area (Å²) in [7, 11) is 0. The number of anilines is 2. The van der Waals surface area contributed by atoms with Crippen LogP contribution < -0.4 is 10.6 Å². The number of aromatic nitrogens is 2. The van der Waals surface area contributed by atoms with Gasteiger partial charge in [-0.3, -0.25) is 4.79 Å². The summed E-state index contributed by atoms with van der Waals surface area (Å²) in [5, 5.41) is 9.60. The van der Waals surface area contributed by atoms with Gasteiger partial charge in [0.2, 0.25) is 0 Å². The van der Waals surface area contributed by atoms with E-state index in [2.05, 4.69) is 15.7 Å². The summed E-state index contributed by atoms with van der Waals surface area (Å²) < 4.78 is 47.0. The molecule has 0 saturated heterocycles. The highest BCUT2D eigenvalue weighted by Gasteiger charge is 2.47. The molecular weight excluding hydrogens is 373 g/mol. The van der Waals surface area contributed by atoms with Crippen LogP contribution in [0.3, 0.4) is 0 Å². The molecule has 4 rings (SSSR count). The Hall–Kier alpha value is -3.23. The molecule has 0 unspecified atom stereocenters. The fourth-order valence-electron chi connectivity index (χ4n) is 3.26. The lowest BCUT2D eigenvalue weighted by Gasteiger charge is -2.32. The highest BCUT2D eigenvalue weighted by atomic mass is 19.4. The lowest BCUT2D eigenvalue weighted by molar-refractivity contribution is -0.174. The van der Waals surface area contributed by atoms with Gasteiger partial charge in [-0.05, 0) is 30.7 Å². The minimum atomic E-state index is -4.52. The summed E-state index contributed by atoms with van der Waals surface area (Å²) in [6.07, 6.45) is -3.39. The van der Waals surface area contributed by atoms with Crippen molar-refractivity contribution in [3.63, 3.8) is 0 Å². The summed E-state index contributed by atoms with van der Waals surface area (Å²) in [5.41, 5.74) is 1.32. The molecule has 0 saturated carbocycles. The molecule has 3 heterocycles. The van der Waals surface area contributed by atoms with E-state index in [9.17, 15) is 18.0 Å². The molecule has 1 aromatic carbocycles. The minimum Gasteiger partial charge on any atom is -0.467 e. The number of benzene rings is 1. The van der Waals surface area contributed by atoms with Crippen LogP contribution >= 0.6 is 0 Å². The van der Waals surface area contributed by atoms with Crippen molar-refractivity contribution in [1.29, 1.82) is 0 Å². The molecule has 146 valence electrons. The average Bonchev–Trinajstić information content (AvgIpc) is 3.31. The molecule has 0 bridgehead atoms. The standard InChI is InChI=1S/C19H17F3N4O2/c1-11-5-2-3-6-12(11)24-18(27)14-10-17-23-13(15-7-4-8-28-15)9-16(19(20,21)22)26(17)25-14/h2-8,10,13,16,23H,9H2,1H3,(H,24,27)/t13-,16-/m0/s1. The maximum Gasteiger partial charge on any atom is 0.410 e. The van der Waals surface area contributed by atoms with Crippen LogP contribution in [0.1, 0.15) is 40.3 Å². The summed E-state index contributed by atoms with van der Waals surface area (Å²) in [4.78, 5) is 12.5. The molecule has 1 aliphatic heterocycles. The zero-order chi connectivity index (χ0) is 19.9. The van der Waals surface area contributed by atoms with Crippen molar-refractivity contribution in [3.05, 3.63) is 65.7 Å². The monoisotopic (exact) mass is 390 g/mol. The maximum absolute atomic E-state index is 13.6. The van der Waals surface area contributed by atoms with Gasteiger partial charge in [0, 0.05) is 18.2 Å². The normalized spacial score (nSPS) is 19.0. The van der Waals surface area contributed by atoms with Crippen molar-refractivity contribution in [2.75, 3.05) is 10.6 Å². The van der Waals surface area contributed by atoms with E-state index in [1.54, 1.807) is 24.3 Å². The van der Waals surface area contributed by atoms with Gasteiger partial charge in [0.1, 0.15) is 11.6 Å². The molecule has 2 N–H and O–H groups in total. The number of aryl methyl sites for hydroxylation is 1. The fraction of sp³-hybridized carbons (Fsp3) is 0.263. The molecule has 6 nitrogen and oxygen atoms in total. The van der Waals surface area contributed by atoms with Gasteiger partial charge >= 0.3 is 6.18 Å². The minimum absolute atomic E-state index is 0.0971. The van der Waals surface area contributed by atoms with Crippen molar-refractivity contribution < 1.29 is 22.4 Å². The van der Waals surface area contributed by atoms with Crippen molar-refractivity contribution in [2.24, 2.45) is 0 Å². The molecule has 0 fully saturated rings. The first-order valence-corrected chi connectivity index (χ1v) is 8.66. The summed E-state index contributed by atoms with van der Waals surface area (Å²) in [6, 6.07) is 9.15. The summed E-state index contributed by atoms with van der Waals surface area (Å²) in [5.74, 6) is -0.0639. The topological polar surface area (TPSA) is 72.1 Å². The third kappa shape index (κ3) is 3.35. The Labute approximate surface area is 158 Å². The molecule has 2 aromatic heterocycles. The van der Waals surface area contributed by atoms with Crippen LogP contribution in [0.5, 0.6) is 0 Å². The molecule has 9 heteroatoms. The lowest BCUT2D eigenvalue weighted by Crippen LogP contribution is -2.35. The van der Waals surface area contributed by atoms with E-state index >= 15 is 0 Å². The highest BCUT2D eigenvalue weighted by molar-refractivity contribution is 6.03. The lowest BCUT2D eigenvalue weighted by atomic mass is 10.0. The predicted octanol–water partition coefficient (Wildman–Crippen LogP) is 4.70. The average molecular weight is 390 g/mol. The van der Waals surface area contributed by atoms with Crippen molar-refractivity contribution >= 4 is 17.4 Å². The number of carbonyl (C=O) groups excluding carboxylic acids is 1. The first-order valence-electron chi connectivity index (χ1n) is 8.66. The van der Waals surface area contributed by atoms with Gasteiger partial charge in [0.15, 0.2) is 11.7 Å². The number of fused-ring (bicyclic) bond motifs is 1. The number of rotatable bonds is 3. The number of hydrogen-bond donors (Lipinski definition) is 2. The molecule has 1 amide bonds. The largest absolute Gasteiger partial charge is 0.467 e. The van der Waals surface area contributed by atoms with Crippen LogP contribution in [0.25, 0.3) is 0 Å². The van der Waals surface area contributed by atoms with Gasteiger partial charge in [-0.1, -0.05) is 18.2 Å². The van der Waals surface area contributed by atoms with Gasteiger partial charge in [-0.15, -0.1) is 0 Å². The molecule has 28 heavy (non-hydrogen) atoms. The quantitative estimate of drug-likeness (QED) is 0.680. The van der Waals surface area contributed by atoms with E-state index in [0.717, 1.165) is 10.2 Å². The van der Waals surface area contributed by atoms with Crippen LogP contribution in [-0.4, -0.2) is 21.9 Å². The molecule has 0 radical (unpaired) electrons. The van der Waals surface area contributed by atoms with Crippen LogP contribution in [0.2, 0.25) is 0 Å². The number of hydrogen-bond acceptors (Lipinski definition) is 4. The van der Waals surface area contributed by atoms with Gasteiger partial charge in [0.05, 0.1) is 12.3 Å². The summed E-state index contributed by atoms with van der Waals surface area (Å²) in [6.45, 7) is 1.82. The smallest absolute Gasteiger partial charge is 0.410 e. The maximum atomic E-state index is 13.6. The second-order valence-electron chi connectivity index (χ2n) is 6.63. The molecule has 2 atom stereocenters. The Morgan fingerprint density at radius 3 is 2.75 bits per heavy atom. The SMILES string of the molecule is Cc1ccccc1NC(=O)c1cc2n(n1)[C@H](C(F)(F)F)C[C@@H](c1ccco1)N2. The first kappa shape index (κ1) is 18.1. The number of carbonyl (C=O) groups is 1. The predicted molar refractivity (Wildman–Crippen MR) is 96.1 cm³/mol. The number of para-hydroxylation sites is 1. The van der Waals surface area contributed by atoms with Gasteiger partial charge in [0.25, 0.3) is 5.91 Å². The van der Waals surface area contributed by atoms with E-state index < -0.39 is 24.2 Å². The van der Waals surface area contributed by atoms with Crippen molar-refractivity contribution in [3.8, 4) is 0 Å².